The number of nitrogens with one attached hydrogen (secondary N) is 1. The number of allylic oxidation sites excluding steroid dienone is 6. The summed E-state index contributed by atoms with van der Waals surface area (Å²) in [6.07, 6.45) is 67.0. The standard InChI is InChI=1S/C59H111NO5/c1-3-5-7-9-11-13-15-17-18-19-20-22-25-28-31-35-39-43-47-51-57(62)56(55-61)60-58(63)52-48-44-40-36-32-29-26-23-21-24-27-30-34-38-42-46-50-54-65-59(64)53-49-45-41-37-33-16-14-12-10-8-6-4-2/h12,14,21,24,30,34,56-57,61-62H,3-11,13,15-20,22-23,25-29,31-33,35-55H2,1-2H3,(H,60,63)/b14-12-,24-21-,34-30-. The number of unbranched alkanes of at least 4 members (excludes halogenated alkanes) is 36. The molecule has 0 aromatic rings. The van der Waals surface area contributed by atoms with E-state index in [1.807, 2.05) is 0 Å². The predicted octanol–water partition coefficient (Wildman–Crippen LogP) is 17.6. The molecule has 0 heterocycles. The third kappa shape index (κ3) is 51.3. The van der Waals surface area contributed by atoms with E-state index in [4.69, 9.17) is 4.74 Å². The minimum Gasteiger partial charge on any atom is -0.466 e. The highest BCUT2D eigenvalue weighted by Crippen LogP contribution is 2.17. The van der Waals surface area contributed by atoms with Crippen molar-refractivity contribution in [2.75, 3.05) is 13.2 Å². The molecule has 2 unspecified atom stereocenters. The van der Waals surface area contributed by atoms with Crippen LogP contribution in [0.1, 0.15) is 303 Å². The molecule has 0 radical (unpaired) electrons. The molecule has 0 saturated heterocycles. The molecule has 0 spiro atoms. The second kappa shape index (κ2) is 54.7. The molecule has 2 atom stereocenters. The van der Waals surface area contributed by atoms with Gasteiger partial charge in [-0.1, -0.05) is 237 Å². The van der Waals surface area contributed by atoms with Crippen LogP contribution in [0.2, 0.25) is 0 Å². The Hall–Kier alpha value is -1.92. The van der Waals surface area contributed by atoms with Crippen LogP contribution in [0.25, 0.3) is 0 Å². The Labute approximate surface area is 404 Å². The van der Waals surface area contributed by atoms with Gasteiger partial charge in [0.2, 0.25) is 5.91 Å². The molecule has 0 aromatic carbocycles. The van der Waals surface area contributed by atoms with Gasteiger partial charge in [0.15, 0.2) is 0 Å². The van der Waals surface area contributed by atoms with Crippen molar-refractivity contribution in [3.8, 4) is 0 Å². The molecule has 3 N–H and O–H groups in total. The Bertz CT molecular complexity index is 1060. The average molecular weight is 915 g/mol. The zero-order valence-corrected chi connectivity index (χ0v) is 43.5. The second-order valence-corrected chi connectivity index (χ2v) is 19.6. The van der Waals surface area contributed by atoms with E-state index < -0.39 is 12.1 Å². The number of rotatable bonds is 53. The highest BCUT2D eigenvalue weighted by Gasteiger charge is 2.20. The van der Waals surface area contributed by atoms with Crippen LogP contribution in [-0.2, 0) is 14.3 Å². The Balaban J connectivity index is 3.51. The topological polar surface area (TPSA) is 95.9 Å². The molecule has 382 valence electrons. The summed E-state index contributed by atoms with van der Waals surface area (Å²) >= 11 is 0. The van der Waals surface area contributed by atoms with Crippen LogP contribution in [-0.4, -0.2) is 47.4 Å². The first-order valence-corrected chi connectivity index (χ1v) is 28.7. The van der Waals surface area contributed by atoms with Crippen LogP contribution in [0.3, 0.4) is 0 Å². The van der Waals surface area contributed by atoms with E-state index in [9.17, 15) is 19.8 Å². The first-order valence-electron chi connectivity index (χ1n) is 28.7. The highest BCUT2D eigenvalue weighted by atomic mass is 16.5. The number of carbonyl (C=O) groups is 2. The van der Waals surface area contributed by atoms with E-state index >= 15 is 0 Å². The Kier molecular flexibility index (Phi) is 53.1. The maximum Gasteiger partial charge on any atom is 0.305 e. The molecule has 0 rings (SSSR count). The summed E-state index contributed by atoms with van der Waals surface area (Å²) in [6, 6.07) is -0.555. The lowest BCUT2D eigenvalue weighted by atomic mass is 10.0. The quantitative estimate of drug-likeness (QED) is 0.0321. The van der Waals surface area contributed by atoms with Crippen molar-refractivity contribution in [2.45, 2.75) is 315 Å². The minimum atomic E-state index is -0.676. The van der Waals surface area contributed by atoms with Gasteiger partial charge in [0.1, 0.15) is 0 Å². The largest absolute Gasteiger partial charge is 0.466 e. The molecule has 0 aromatic heterocycles. The molecule has 0 fully saturated rings. The van der Waals surface area contributed by atoms with Crippen LogP contribution in [0.4, 0.5) is 0 Å². The molecule has 6 heteroatoms. The summed E-state index contributed by atoms with van der Waals surface area (Å²) in [5, 5.41) is 23.3. The van der Waals surface area contributed by atoms with Crippen LogP contribution < -0.4 is 5.32 Å². The van der Waals surface area contributed by atoms with Crippen molar-refractivity contribution in [2.24, 2.45) is 0 Å². The van der Waals surface area contributed by atoms with Crippen molar-refractivity contribution in [1.29, 1.82) is 0 Å². The summed E-state index contributed by atoms with van der Waals surface area (Å²) in [7, 11) is 0. The van der Waals surface area contributed by atoms with Crippen molar-refractivity contribution < 1.29 is 24.5 Å². The molecule has 6 nitrogen and oxygen atoms in total. The molecule has 0 aliphatic carbocycles. The zero-order chi connectivity index (χ0) is 47.2. The van der Waals surface area contributed by atoms with E-state index in [2.05, 4.69) is 55.6 Å². The maximum atomic E-state index is 12.5. The smallest absolute Gasteiger partial charge is 0.305 e. The van der Waals surface area contributed by atoms with Gasteiger partial charge in [-0.3, -0.25) is 9.59 Å². The number of esters is 1. The van der Waals surface area contributed by atoms with Crippen molar-refractivity contribution in [3.05, 3.63) is 36.5 Å². The molecule has 0 bridgehead atoms. The lowest BCUT2D eigenvalue weighted by Gasteiger charge is -2.22. The summed E-state index contributed by atoms with van der Waals surface area (Å²) < 4.78 is 5.43. The molecule has 0 aliphatic heterocycles. The number of aliphatic hydroxyl groups is 2. The van der Waals surface area contributed by atoms with Crippen LogP contribution in [0, 0.1) is 0 Å². The van der Waals surface area contributed by atoms with E-state index in [1.165, 1.54) is 186 Å². The molecular formula is C59H111NO5. The molecule has 0 saturated carbocycles. The van der Waals surface area contributed by atoms with Gasteiger partial charge in [0.25, 0.3) is 0 Å². The van der Waals surface area contributed by atoms with Crippen molar-refractivity contribution in [1.82, 2.24) is 5.32 Å². The number of aliphatic hydroxyl groups excluding tert-OH is 2. The lowest BCUT2D eigenvalue weighted by Crippen LogP contribution is -2.45. The van der Waals surface area contributed by atoms with E-state index in [0.29, 0.717) is 25.9 Å². The normalized spacial score (nSPS) is 12.9. The second-order valence-electron chi connectivity index (χ2n) is 19.6. The maximum absolute atomic E-state index is 12.5. The fraction of sp³-hybridized carbons (Fsp3) is 0.864. The summed E-state index contributed by atoms with van der Waals surface area (Å²) in [5.74, 6) is -0.0753. The molecule has 1 amide bonds. The van der Waals surface area contributed by atoms with Crippen LogP contribution >= 0.6 is 0 Å². The van der Waals surface area contributed by atoms with Gasteiger partial charge in [-0.05, 0) is 89.9 Å². The third-order valence-electron chi connectivity index (χ3n) is 13.2. The SMILES string of the molecule is CCCCC/C=C\CCCCCCCC(=O)OCCCCC/C=C\C/C=C\CCCCCCCCCC(=O)NC(CO)C(O)CCCCCCCCCCCCCCCCCCCCC. The van der Waals surface area contributed by atoms with Gasteiger partial charge in [0, 0.05) is 12.8 Å². The first-order chi connectivity index (χ1) is 32.0. The predicted molar refractivity (Wildman–Crippen MR) is 283 cm³/mol. The monoisotopic (exact) mass is 914 g/mol. The number of hydrogen-bond acceptors (Lipinski definition) is 5. The van der Waals surface area contributed by atoms with Crippen molar-refractivity contribution in [3.63, 3.8) is 0 Å². The van der Waals surface area contributed by atoms with Gasteiger partial charge in [0.05, 0.1) is 25.4 Å². The van der Waals surface area contributed by atoms with Gasteiger partial charge in [-0.25, -0.2) is 0 Å². The van der Waals surface area contributed by atoms with Gasteiger partial charge in [-0.15, -0.1) is 0 Å². The van der Waals surface area contributed by atoms with Gasteiger partial charge >= 0.3 is 5.97 Å². The summed E-state index contributed by atoms with van der Waals surface area (Å²) in [4.78, 5) is 24.5. The van der Waals surface area contributed by atoms with E-state index in [0.717, 1.165) is 83.5 Å². The summed E-state index contributed by atoms with van der Waals surface area (Å²) in [5.41, 5.74) is 0. The lowest BCUT2D eigenvalue weighted by molar-refractivity contribution is -0.143. The van der Waals surface area contributed by atoms with Crippen LogP contribution in [0.15, 0.2) is 36.5 Å². The summed E-state index contributed by atoms with van der Waals surface area (Å²) in [6.45, 7) is 4.89. The number of ether oxygens (including phenoxy) is 1. The fourth-order valence-corrected chi connectivity index (χ4v) is 8.72. The number of hydrogen-bond donors (Lipinski definition) is 3. The number of amides is 1. The average Bonchev–Trinajstić information content (AvgIpc) is 3.31. The Morgan fingerprint density at radius 2 is 0.769 bits per heavy atom. The Morgan fingerprint density at radius 1 is 0.431 bits per heavy atom. The third-order valence-corrected chi connectivity index (χ3v) is 13.2. The van der Waals surface area contributed by atoms with Gasteiger partial charge < -0.3 is 20.3 Å². The van der Waals surface area contributed by atoms with Crippen molar-refractivity contribution >= 4 is 11.9 Å². The van der Waals surface area contributed by atoms with E-state index in [1.54, 1.807) is 0 Å². The molecule has 65 heavy (non-hydrogen) atoms. The molecular weight excluding hydrogens is 803 g/mol. The zero-order valence-electron chi connectivity index (χ0n) is 43.5. The first kappa shape index (κ1) is 63.1. The number of carbonyl (C=O) groups excluding carboxylic acids is 2. The highest BCUT2D eigenvalue weighted by molar-refractivity contribution is 5.76. The van der Waals surface area contributed by atoms with Crippen LogP contribution in [0.5, 0.6) is 0 Å². The fourth-order valence-electron chi connectivity index (χ4n) is 8.72. The Morgan fingerprint density at radius 3 is 1.22 bits per heavy atom. The minimum absolute atomic E-state index is 0.0256. The molecule has 0 aliphatic rings. The van der Waals surface area contributed by atoms with Gasteiger partial charge in [-0.2, -0.15) is 0 Å². The van der Waals surface area contributed by atoms with E-state index in [-0.39, 0.29) is 18.5 Å².